The Morgan fingerprint density at radius 2 is 2.21 bits per heavy atom. The summed E-state index contributed by atoms with van der Waals surface area (Å²) in [6, 6.07) is 5.92. The van der Waals surface area contributed by atoms with Crippen molar-refractivity contribution in [2.45, 2.75) is 5.03 Å². The summed E-state index contributed by atoms with van der Waals surface area (Å²) in [4.78, 5) is 4.19. The van der Waals surface area contributed by atoms with Gasteiger partial charge in [-0.05, 0) is 22.9 Å². The zero-order valence-corrected chi connectivity index (χ0v) is 10.1. The number of pyridine rings is 1. The van der Waals surface area contributed by atoms with Gasteiger partial charge < -0.3 is 5.73 Å². The van der Waals surface area contributed by atoms with Crippen molar-refractivity contribution in [1.82, 2.24) is 4.98 Å². The average molecular weight is 249 g/mol. The second-order valence-electron chi connectivity index (χ2n) is 2.24. The molecule has 0 aliphatic rings. The first-order chi connectivity index (χ1) is 6.43. The molecule has 0 atom stereocenters. The van der Waals surface area contributed by atoms with E-state index in [4.69, 9.17) is 5.73 Å². The minimum absolute atomic E-state index is 0. The van der Waals surface area contributed by atoms with Crippen LogP contribution in [0.4, 0.5) is 0 Å². The maximum atomic E-state index is 5.31. The van der Waals surface area contributed by atoms with Gasteiger partial charge in [0.05, 0.1) is 0 Å². The number of hydrogen-bond donors (Lipinski definition) is 1. The Bertz CT molecular complexity index is 254. The first-order valence-electron chi connectivity index (χ1n) is 3.99. The molecule has 0 bridgehead atoms. The number of nitrogens with zero attached hydrogens (tertiary/aromatic N) is 1. The highest BCUT2D eigenvalue weighted by Crippen LogP contribution is 2.28. The Hall–Kier alpha value is -0.160. The van der Waals surface area contributed by atoms with E-state index < -0.39 is 0 Å². The second kappa shape index (κ2) is 9.40. The third kappa shape index (κ3) is 6.32. The van der Waals surface area contributed by atoms with E-state index in [0.717, 1.165) is 10.8 Å². The summed E-state index contributed by atoms with van der Waals surface area (Å²) >= 11 is 0. The molecular formula is C9H13ClN2S2. The fourth-order valence-corrected chi connectivity index (χ4v) is 2.43. The Morgan fingerprint density at radius 3 is 2.86 bits per heavy atom. The molecule has 2 N–H and O–H groups in total. The topological polar surface area (TPSA) is 38.9 Å². The highest BCUT2D eigenvalue weighted by Gasteiger charge is 1.91. The molecule has 1 aromatic rings. The lowest BCUT2D eigenvalue weighted by atomic mass is 10.5. The minimum Gasteiger partial charge on any atom is -0.327 e. The molecule has 0 spiro atoms. The highest BCUT2D eigenvalue weighted by atomic mass is 35.5. The molecule has 14 heavy (non-hydrogen) atoms. The van der Waals surface area contributed by atoms with Gasteiger partial charge in [-0.25, -0.2) is 4.98 Å². The monoisotopic (exact) mass is 248 g/mol. The first kappa shape index (κ1) is 13.8. The van der Waals surface area contributed by atoms with Crippen LogP contribution in [-0.4, -0.2) is 17.3 Å². The van der Waals surface area contributed by atoms with Crippen LogP contribution >= 0.6 is 34.0 Å². The molecule has 2 nitrogen and oxygen atoms in total. The summed E-state index contributed by atoms with van der Waals surface area (Å²) in [5.41, 5.74) is 5.31. The van der Waals surface area contributed by atoms with E-state index in [1.54, 1.807) is 27.8 Å². The van der Waals surface area contributed by atoms with Crippen molar-refractivity contribution in [3.8, 4) is 0 Å². The van der Waals surface area contributed by atoms with Crippen LogP contribution in [0.25, 0.3) is 0 Å². The third-order valence-electron chi connectivity index (χ3n) is 1.25. The number of hydrogen-bond acceptors (Lipinski definition) is 4. The second-order valence-corrected chi connectivity index (χ2v) is 4.60. The van der Waals surface area contributed by atoms with Gasteiger partial charge >= 0.3 is 0 Å². The van der Waals surface area contributed by atoms with Gasteiger partial charge in [0.25, 0.3) is 0 Å². The van der Waals surface area contributed by atoms with E-state index in [1.807, 2.05) is 24.3 Å². The van der Waals surface area contributed by atoms with E-state index in [2.05, 4.69) is 11.1 Å². The van der Waals surface area contributed by atoms with Crippen LogP contribution < -0.4 is 5.73 Å². The van der Waals surface area contributed by atoms with E-state index in [9.17, 15) is 0 Å². The van der Waals surface area contributed by atoms with Gasteiger partial charge in [-0.2, -0.15) is 0 Å². The van der Waals surface area contributed by atoms with Crippen LogP contribution in [0.15, 0.2) is 41.6 Å². The van der Waals surface area contributed by atoms with Gasteiger partial charge in [0.2, 0.25) is 0 Å². The largest absolute Gasteiger partial charge is 0.327 e. The van der Waals surface area contributed by atoms with Crippen molar-refractivity contribution in [3.63, 3.8) is 0 Å². The maximum absolute atomic E-state index is 5.31. The molecule has 0 fully saturated rings. The molecule has 0 saturated heterocycles. The van der Waals surface area contributed by atoms with E-state index in [1.165, 1.54) is 0 Å². The van der Waals surface area contributed by atoms with Crippen molar-refractivity contribution in [3.05, 3.63) is 36.5 Å². The smallest absolute Gasteiger partial charge is 0.106 e. The van der Waals surface area contributed by atoms with Crippen molar-refractivity contribution >= 4 is 34.0 Å². The fraction of sp³-hybridized carbons (Fsp3) is 0.222. The van der Waals surface area contributed by atoms with Crippen LogP contribution in [0.5, 0.6) is 0 Å². The zero-order valence-electron chi connectivity index (χ0n) is 7.63. The van der Waals surface area contributed by atoms with Crippen molar-refractivity contribution in [2.24, 2.45) is 5.73 Å². The molecule has 0 saturated carbocycles. The normalized spacial score (nSPS) is 10.1. The Kier molecular flexibility index (Phi) is 9.29. The van der Waals surface area contributed by atoms with Gasteiger partial charge in [0.1, 0.15) is 5.03 Å². The summed E-state index contributed by atoms with van der Waals surface area (Å²) in [5.74, 6) is 0.971. The number of halogens is 1. The lowest BCUT2D eigenvalue weighted by Gasteiger charge is -1.95. The molecule has 0 radical (unpaired) electrons. The van der Waals surface area contributed by atoms with Gasteiger partial charge in [0.15, 0.2) is 0 Å². The fourth-order valence-electron chi connectivity index (χ4n) is 0.694. The van der Waals surface area contributed by atoms with Crippen LogP contribution in [-0.2, 0) is 0 Å². The van der Waals surface area contributed by atoms with Crippen LogP contribution in [0, 0.1) is 0 Å². The zero-order chi connectivity index (χ0) is 9.36. The molecule has 0 aliphatic carbocycles. The average Bonchev–Trinajstić information content (AvgIpc) is 2.19. The molecule has 1 rings (SSSR count). The number of aromatic nitrogens is 1. The quantitative estimate of drug-likeness (QED) is 0.494. The van der Waals surface area contributed by atoms with Crippen molar-refractivity contribution < 1.29 is 0 Å². The lowest BCUT2D eigenvalue weighted by molar-refractivity contribution is 1.14. The van der Waals surface area contributed by atoms with E-state index in [0.29, 0.717) is 6.54 Å². The summed E-state index contributed by atoms with van der Waals surface area (Å²) in [5, 5.41) is 1.05. The molecule has 1 heterocycles. The summed E-state index contributed by atoms with van der Waals surface area (Å²) in [7, 11) is 3.44. The Labute approximate surface area is 98.6 Å². The van der Waals surface area contributed by atoms with Crippen molar-refractivity contribution in [1.29, 1.82) is 0 Å². The Morgan fingerprint density at radius 1 is 1.36 bits per heavy atom. The summed E-state index contributed by atoms with van der Waals surface area (Å²) in [6.45, 7) is 0.620. The molecule has 0 amide bonds. The lowest BCUT2D eigenvalue weighted by Crippen LogP contribution is -1.92. The van der Waals surface area contributed by atoms with Gasteiger partial charge in [-0.3, -0.25) is 0 Å². The predicted octanol–water partition coefficient (Wildman–Crippen LogP) is 2.76. The molecule has 1 aromatic heterocycles. The van der Waals surface area contributed by atoms with Gasteiger partial charge in [0, 0.05) is 18.5 Å². The number of nitrogens with two attached hydrogens (primary N) is 1. The van der Waals surface area contributed by atoms with Crippen LogP contribution in [0.2, 0.25) is 0 Å². The number of rotatable bonds is 5. The third-order valence-corrected chi connectivity index (χ3v) is 3.38. The van der Waals surface area contributed by atoms with Crippen molar-refractivity contribution in [2.75, 3.05) is 12.3 Å². The summed E-state index contributed by atoms with van der Waals surface area (Å²) < 4.78 is 0. The standard InChI is InChI=1S/C9H12N2S2.ClH/c10-6-2-4-8-12-13-9-5-1-3-7-11-9;/h1-5,7H,6,8,10H2;1H. The van der Waals surface area contributed by atoms with Gasteiger partial charge in [-0.1, -0.05) is 29.0 Å². The Balaban J connectivity index is 0.00000169. The molecule has 0 aliphatic heterocycles. The van der Waals surface area contributed by atoms with Crippen LogP contribution in [0.1, 0.15) is 0 Å². The highest BCUT2D eigenvalue weighted by molar-refractivity contribution is 8.76. The molecule has 5 heteroatoms. The molecular weight excluding hydrogens is 236 g/mol. The molecule has 0 unspecified atom stereocenters. The summed E-state index contributed by atoms with van der Waals surface area (Å²) in [6.07, 6.45) is 5.84. The van der Waals surface area contributed by atoms with Gasteiger partial charge in [-0.15, -0.1) is 12.4 Å². The maximum Gasteiger partial charge on any atom is 0.106 e. The minimum atomic E-state index is 0. The first-order valence-corrected chi connectivity index (χ1v) is 6.31. The SMILES string of the molecule is Cl.NCC=CCSSc1ccccn1. The molecule has 0 aromatic carbocycles. The predicted molar refractivity (Wildman–Crippen MR) is 68.0 cm³/mol. The molecule has 78 valence electrons. The van der Waals surface area contributed by atoms with E-state index >= 15 is 0 Å². The van der Waals surface area contributed by atoms with Crippen LogP contribution in [0.3, 0.4) is 0 Å². The van der Waals surface area contributed by atoms with E-state index in [-0.39, 0.29) is 12.4 Å².